The SMILES string of the molecule is CCOC(=O)CCCCC(NC(=O)OC(C)(C)C)c1ccccc1. The highest BCUT2D eigenvalue weighted by molar-refractivity contribution is 5.69. The summed E-state index contributed by atoms with van der Waals surface area (Å²) in [7, 11) is 0. The van der Waals surface area contributed by atoms with Gasteiger partial charge in [-0.15, -0.1) is 0 Å². The van der Waals surface area contributed by atoms with E-state index in [-0.39, 0.29) is 12.0 Å². The predicted molar refractivity (Wildman–Crippen MR) is 93.7 cm³/mol. The second kappa shape index (κ2) is 9.96. The molecular formula is C19H29NO4. The molecular weight excluding hydrogens is 306 g/mol. The van der Waals surface area contributed by atoms with Crippen LogP contribution in [0.25, 0.3) is 0 Å². The second-order valence-electron chi connectivity index (χ2n) is 6.66. The fraction of sp³-hybridized carbons (Fsp3) is 0.579. The molecule has 5 heteroatoms. The van der Waals surface area contributed by atoms with E-state index in [2.05, 4.69) is 5.32 Å². The van der Waals surface area contributed by atoms with Gasteiger partial charge in [0.1, 0.15) is 5.60 Å². The Bertz CT molecular complexity index is 508. The average Bonchev–Trinajstić information content (AvgIpc) is 2.49. The summed E-state index contributed by atoms with van der Waals surface area (Å²) in [6, 6.07) is 9.65. The highest BCUT2D eigenvalue weighted by atomic mass is 16.6. The quantitative estimate of drug-likeness (QED) is 0.566. The van der Waals surface area contributed by atoms with E-state index in [1.54, 1.807) is 6.92 Å². The van der Waals surface area contributed by atoms with Gasteiger partial charge in [0, 0.05) is 6.42 Å². The standard InChI is InChI=1S/C19H29NO4/c1-5-23-17(21)14-10-9-13-16(15-11-7-6-8-12-15)20-18(22)24-19(2,3)4/h6-8,11-12,16H,5,9-10,13-14H2,1-4H3,(H,20,22). The van der Waals surface area contributed by atoms with Crippen LogP contribution in [-0.2, 0) is 14.3 Å². The van der Waals surface area contributed by atoms with Gasteiger partial charge in [0.05, 0.1) is 12.6 Å². The van der Waals surface area contributed by atoms with Crippen LogP contribution in [-0.4, -0.2) is 24.3 Å². The molecule has 1 rings (SSSR count). The molecule has 0 bridgehead atoms. The number of benzene rings is 1. The lowest BCUT2D eigenvalue weighted by atomic mass is 10.0. The van der Waals surface area contributed by atoms with E-state index < -0.39 is 11.7 Å². The lowest BCUT2D eigenvalue weighted by Gasteiger charge is -2.24. The van der Waals surface area contributed by atoms with Gasteiger partial charge in [-0.25, -0.2) is 4.79 Å². The van der Waals surface area contributed by atoms with Gasteiger partial charge in [-0.3, -0.25) is 4.79 Å². The Kier molecular flexibility index (Phi) is 8.30. The number of esters is 1. The molecule has 0 heterocycles. The van der Waals surface area contributed by atoms with Crippen LogP contribution in [0.2, 0.25) is 0 Å². The van der Waals surface area contributed by atoms with E-state index in [1.165, 1.54) is 0 Å². The summed E-state index contributed by atoms with van der Waals surface area (Å²) >= 11 is 0. The first-order valence-corrected chi connectivity index (χ1v) is 8.52. The van der Waals surface area contributed by atoms with Crippen molar-refractivity contribution in [3.63, 3.8) is 0 Å². The van der Waals surface area contributed by atoms with Gasteiger partial charge in [-0.05, 0) is 46.1 Å². The summed E-state index contributed by atoms with van der Waals surface area (Å²) in [6.45, 7) is 7.72. The van der Waals surface area contributed by atoms with Crippen LogP contribution in [0.1, 0.15) is 65.0 Å². The zero-order valence-electron chi connectivity index (χ0n) is 15.1. The van der Waals surface area contributed by atoms with Crippen molar-refractivity contribution < 1.29 is 19.1 Å². The monoisotopic (exact) mass is 335 g/mol. The summed E-state index contributed by atoms with van der Waals surface area (Å²) in [6.07, 6.45) is 2.26. The second-order valence-corrected chi connectivity index (χ2v) is 6.66. The number of carbonyl (C=O) groups is 2. The van der Waals surface area contributed by atoms with Crippen molar-refractivity contribution in [2.45, 2.75) is 65.0 Å². The molecule has 0 spiro atoms. The van der Waals surface area contributed by atoms with Crippen LogP contribution in [0.5, 0.6) is 0 Å². The number of amides is 1. The molecule has 0 saturated carbocycles. The smallest absolute Gasteiger partial charge is 0.408 e. The molecule has 1 unspecified atom stereocenters. The molecule has 1 atom stereocenters. The number of carbonyl (C=O) groups excluding carboxylic acids is 2. The summed E-state index contributed by atoms with van der Waals surface area (Å²) < 4.78 is 10.3. The number of alkyl carbamates (subject to hydrolysis) is 1. The van der Waals surface area contributed by atoms with Gasteiger partial charge in [-0.2, -0.15) is 0 Å². The van der Waals surface area contributed by atoms with Crippen LogP contribution < -0.4 is 5.32 Å². The summed E-state index contributed by atoms with van der Waals surface area (Å²) in [5.74, 6) is -0.172. The van der Waals surface area contributed by atoms with E-state index in [1.807, 2.05) is 51.1 Å². The summed E-state index contributed by atoms with van der Waals surface area (Å²) in [5.41, 5.74) is 0.495. The largest absolute Gasteiger partial charge is 0.466 e. The van der Waals surface area contributed by atoms with Crippen molar-refractivity contribution in [1.29, 1.82) is 0 Å². The molecule has 0 fully saturated rings. The fourth-order valence-corrected chi connectivity index (χ4v) is 2.31. The lowest BCUT2D eigenvalue weighted by molar-refractivity contribution is -0.143. The van der Waals surface area contributed by atoms with E-state index >= 15 is 0 Å². The molecule has 0 radical (unpaired) electrons. The predicted octanol–water partition coefficient (Wildman–Crippen LogP) is 4.38. The van der Waals surface area contributed by atoms with Crippen molar-refractivity contribution in [2.24, 2.45) is 0 Å². The van der Waals surface area contributed by atoms with Crippen molar-refractivity contribution in [3.8, 4) is 0 Å². The van der Waals surface area contributed by atoms with E-state index in [0.717, 1.165) is 24.8 Å². The molecule has 134 valence electrons. The Labute approximate surface area is 144 Å². The summed E-state index contributed by atoms with van der Waals surface area (Å²) in [4.78, 5) is 23.4. The van der Waals surface area contributed by atoms with E-state index in [9.17, 15) is 9.59 Å². The normalized spacial score (nSPS) is 12.3. The average molecular weight is 335 g/mol. The number of ether oxygens (including phenoxy) is 2. The van der Waals surface area contributed by atoms with Crippen molar-refractivity contribution in [3.05, 3.63) is 35.9 Å². The number of hydrogen-bond donors (Lipinski definition) is 1. The van der Waals surface area contributed by atoms with Crippen LogP contribution in [0.15, 0.2) is 30.3 Å². The highest BCUT2D eigenvalue weighted by Crippen LogP contribution is 2.21. The van der Waals surface area contributed by atoms with Gasteiger partial charge >= 0.3 is 12.1 Å². The van der Waals surface area contributed by atoms with Crippen LogP contribution >= 0.6 is 0 Å². The molecule has 0 aliphatic heterocycles. The molecule has 24 heavy (non-hydrogen) atoms. The van der Waals surface area contributed by atoms with Gasteiger partial charge in [-0.1, -0.05) is 36.8 Å². The molecule has 0 saturated heterocycles. The van der Waals surface area contributed by atoms with Crippen molar-refractivity contribution in [2.75, 3.05) is 6.61 Å². The maximum absolute atomic E-state index is 12.1. The van der Waals surface area contributed by atoms with E-state index in [0.29, 0.717) is 13.0 Å². The molecule has 1 aromatic carbocycles. The Morgan fingerprint density at radius 2 is 1.79 bits per heavy atom. The Hall–Kier alpha value is -2.04. The van der Waals surface area contributed by atoms with Crippen LogP contribution in [0.4, 0.5) is 4.79 Å². The third-order valence-electron chi connectivity index (χ3n) is 3.32. The first-order valence-electron chi connectivity index (χ1n) is 8.52. The number of hydrogen-bond acceptors (Lipinski definition) is 4. The highest BCUT2D eigenvalue weighted by Gasteiger charge is 2.20. The zero-order chi connectivity index (χ0) is 18.0. The van der Waals surface area contributed by atoms with Gasteiger partial charge in [0.15, 0.2) is 0 Å². The molecule has 0 aliphatic carbocycles. The Balaban J connectivity index is 2.56. The number of rotatable bonds is 8. The number of nitrogens with one attached hydrogen (secondary N) is 1. The Morgan fingerprint density at radius 1 is 1.12 bits per heavy atom. The summed E-state index contributed by atoms with van der Waals surface area (Å²) in [5, 5.41) is 2.93. The minimum atomic E-state index is -0.533. The minimum absolute atomic E-state index is 0.136. The van der Waals surface area contributed by atoms with Crippen LogP contribution in [0.3, 0.4) is 0 Å². The van der Waals surface area contributed by atoms with Gasteiger partial charge in [0.25, 0.3) is 0 Å². The van der Waals surface area contributed by atoms with Gasteiger partial charge in [0.2, 0.25) is 0 Å². The lowest BCUT2D eigenvalue weighted by Crippen LogP contribution is -2.35. The Morgan fingerprint density at radius 3 is 2.38 bits per heavy atom. The topological polar surface area (TPSA) is 64.6 Å². The molecule has 0 aromatic heterocycles. The maximum Gasteiger partial charge on any atom is 0.408 e. The van der Waals surface area contributed by atoms with E-state index in [4.69, 9.17) is 9.47 Å². The van der Waals surface area contributed by atoms with Crippen molar-refractivity contribution >= 4 is 12.1 Å². The third-order valence-corrected chi connectivity index (χ3v) is 3.32. The van der Waals surface area contributed by atoms with Crippen molar-refractivity contribution in [1.82, 2.24) is 5.32 Å². The zero-order valence-corrected chi connectivity index (χ0v) is 15.1. The molecule has 1 aromatic rings. The third kappa shape index (κ3) is 8.56. The van der Waals surface area contributed by atoms with Crippen LogP contribution in [0, 0.1) is 0 Å². The first-order chi connectivity index (χ1) is 11.3. The molecule has 0 aliphatic rings. The minimum Gasteiger partial charge on any atom is -0.466 e. The molecule has 5 nitrogen and oxygen atoms in total. The first kappa shape index (κ1) is 20.0. The molecule has 1 amide bonds. The maximum atomic E-state index is 12.1. The number of unbranched alkanes of at least 4 members (excludes halogenated alkanes) is 1. The molecule has 1 N–H and O–H groups in total. The van der Waals surface area contributed by atoms with Gasteiger partial charge < -0.3 is 14.8 Å². The fourth-order valence-electron chi connectivity index (χ4n) is 2.31.